The number of Topliss-reactive ketones (excluding diaryl/α,β-unsaturated/α-hetero) is 1. The van der Waals surface area contributed by atoms with Crippen molar-refractivity contribution in [1.29, 1.82) is 0 Å². The molecule has 114 valence electrons. The lowest BCUT2D eigenvalue weighted by atomic mass is 10.1. The SMILES string of the molecule is O=C1C([N+](=O)[O-])=C(Nc2ccccc2)N/C1=C\c1ccccc1. The normalized spacial score (nSPS) is 15.7. The number of rotatable bonds is 4. The Morgan fingerprint density at radius 1 is 1.00 bits per heavy atom. The molecule has 0 spiro atoms. The van der Waals surface area contributed by atoms with Crippen LogP contribution in [0.2, 0.25) is 0 Å². The first kappa shape index (κ1) is 14.5. The average Bonchev–Trinajstić information content (AvgIpc) is 2.85. The Labute approximate surface area is 132 Å². The number of hydrogen-bond acceptors (Lipinski definition) is 5. The predicted octanol–water partition coefficient (Wildman–Crippen LogP) is 2.76. The van der Waals surface area contributed by atoms with Crippen molar-refractivity contribution in [3.8, 4) is 0 Å². The van der Waals surface area contributed by atoms with Crippen LogP contribution in [0.3, 0.4) is 0 Å². The summed E-state index contributed by atoms with van der Waals surface area (Å²) < 4.78 is 0. The second kappa shape index (κ2) is 6.15. The maximum Gasteiger partial charge on any atom is 0.358 e. The third kappa shape index (κ3) is 3.11. The minimum absolute atomic E-state index is 0.0772. The van der Waals surface area contributed by atoms with Crippen LogP contribution in [0.4, 0.5) is 5.69 Å². The summed E-state index contributed by atoms with van der Waals surface area (Å²) >= 11 is 0. The fourth-order valence-corrected chi connectivity index (χ4v) is 2.24. The fourth-order valence-electron chi connectivity index (χ4n) is 2.24. The van der Waals surface area contributed by atoms with E-state index in [2.05, 4.69) is 10.6 Å². The second-order valence-electron chi connectivity index (χ2n) is 4.89. The Balaban J connectivity index is 1.92. The molecule has 0 amide bonds. The van der Waals surface area contributed by atoms with Crippen LogP contribution in [-0.4, -0.2) is 10.7 Å². The van der Waals surface area contributed by atoms with Gasteiger partial charge in [0.15, 0.2) is 5.82 Å². The smallest absolute Gasteiger partial charge is 0.336 e. The first-order valence-electron chi connectivity index (χ1n) is 6.94. The topological polar surface area (TPSA) is 84.3 Å². The second-order valence-corrected chi connectivity index (χ2v) is 4.89. The van der Waals surface area contributed by atoms with E-state index >= 15 is 0 Å². The van der Waals surface area contributed by atoms with E-state index in [1.807, 2.05) is 36.4 Å². The van der Waals surface area contributed by atoms with Crippen molar-refractivity contribution in [1.82, 2.24) is 5.32 Å². The predicted molar refractivity (Wildman–Crippen MR) is 86.6 cm³/mol. The van der Waals surface area contributed by atoms with Crippen molar-refractivity contribution >= 4 is 17.5 Å². The molecule has 6 heteroatoms. The Kier molecular flexibility index (Phi) is 3.88. The number of hydrogen-bond donors (Lipinski definition) is 2. The minimum atomic E-state index is -0.674. The van der Waals surface area contributed by atoms with E-state index < -0.39 is 16.4 Å². The maximum atomic E-state index is 12.3. The van der Waals surface area contributed by atoms with Gasteiger partial charge < -0.3 is 10.6 Å². The van der Waals surface area contributed by atoms with Crippen LogP contribution in [0.1, 0.15) is 5.56 Å². The zero-order valence-electron chi connectivity index (χ0n) is 12.0. The van der Waals surface area contributed by atoms with Gasteiger partial charge >= 0.3 is 5.70 Å². The van der Waals surface area contributed by atoms with Crippen molar-refractivity contribution in [3.05, 3.63) is 93.6 Å². The van der Waals surface area contributed by atoms with Crippen molar-refractivity contribution in [2.24, 2.45) is 0 Å². The molecule has 0 saturated heterocycles. The number of nitrogens with one attached hydrogen (secondary N) is 2. The lowest BCUT2D eigenvalue weighted by Gasteiger charge is -2.07. The average molecular weight is 307 g/mol. The lowest BCUT2D eigenvalue weighted by molar-refractivity contribution is -0.418. The number of benzene rings is 2. The molecule has 2 N–H and O–H groups in total. The number of anilines is 1. The molecule has 1 aliphatic heterocycles. The monoisotopic (exact) mass is 307 g/mol. The van der Waals surface area contributed by atoms with Gasteiger partial charge in [-0.15, -0.1) is 0 Å². The molecule has 23 heavy (non-hydrogen) atoms. The summed E-state index contributed by atoms with van der Waals surface area (Å²) in [5.41, 5.74) is 1.12. The molecule has 0 fully saturated rings. The molecule has 0 aliphatic carbocycles. The summed E-state index contributed by atoms with van der Waals surface area (Å²) in [5, 5.41) is 16.9. The minimum Gasteiger partial charge on any atom is -0.336 e. The molecule has 1 aliphatic rings. The van der Waals surface area contributed by atoms with E-state index in [1.165, 1.54) is 0 Å². The van der Waals surface area contributed by atoms with Gasteiger partial charge in [-0.2, -0.15) is 0 Å². The van der Waals surface area contributed by atoms with Gasteiger partial charge in [-0.1, -0.05) is 48.5 Å². The number of carbonyl (C=O) groups excluding carboxylic acids is 1. The highest BCUT2D eigenvalue weighted by atomic mass is 16.6. The molecule has 0 saturated carbocycles. The molecule has 1 heterocycles. The zero-order chi connectivity index (χ0) is 16.2. The highest BCUT2D eigenvalue weighted by Gasteiger charge is 2.38. The van der Waals surface area contributed by atoms with Crippen LogP contribution in [0, 0.1) is 10.1 Å². The van der Waals surface area contributed by atoms with Gasteiger partial charge in [-0.3, -0.25) is 14.9 Å². The van der Waals surface area contributed by atoms with Gasteiger partial charge in [0.2, 0.25) is 0 Å². The van der Waals surface area contributed by atoms with Gasteiger partial charge in [0.05, 0.1) is 10.6 Å². The molecule has 0 bridgehead atoms. The number of nitro groups is 1. The van der Waals surface area contributed by atoms with Crippen molar-refractivity contribution in [2.75, 3.05) is 5.32 Å². The highest BCUT2D eigenvalue weighted by Crippen LogP contribution is 2.22. The Morgan fingerprint density at radius 2 is 1.61 bits per heavy atom. The first-order chi connectivity index (χ1) is 11.1. The van der Waals surface area contributed by atoms with Gasteiger partial charge in [-0.25, -0.2) is 0 Å². The molecule has 2 aromatic rings. The number of ketones is 1. The summed E-state index contributed by atoms with van der Waals surface area (Å²) in [6, 6.07) is 18.1. The van der Waals surface area contributed by atoms with Crippen LogP contribution in [0.15, 0.2) is 77.9 Å². The van der Waals surface area contributed by atoms with Gasteiger partial charge in [0.1, 0.15) is 0 Å². The van der Waals surface area contributed by atoms with E-state index in [1.54, 1.807) is 30.3 Å². The summed E-state index contributed by atoms with van der Waals surface area (Å²) in [7, 11) is 0. The molecule has 0 unspecified atom stereocenters. The van der Waals surface area contributed by atoms with Crippen molar-refractivity contribution in [3.63, 3.8) is 0 Å². The van der Waals surface area contributed by atoms with Crippen molar-refractivity contribution < 1.29 is 9.72 Å². The van der Waals surface area contributed by atoms with Gasteiger partial charge in [0.25, 0.3) is 5.78 Å². The van der Waals surface area contributed by atoms with Gasteiger partial charge in [-0.05, 0) is 23.8 Å². The molecule has 2 aromatic carbocycles. The van der Waals surface area contributed by atoms with E-state index in [9.17, 15) is 14.9 Å². The van der Waals surface area contributed by atoms with Crippen LogP contribution >= 0.6 is 0 Å². The Hall–Kier alpha value is -3.41. The number of para-hydroxylation sites is 1. The summed E-state index contributed by atoms with van der Waals surface area (Å²) in [5.74, 6) is -0.564. The third-order valence-electron chi connectivity index (χ3n) is 3.29. The fraction of sp³-hybridized carbons (Fsp3) is 0. The van der Waals surface area contributed by atoms with Crippen LogP contribution < -0.4 is 10.6 Å². The van der Waals surface area contributed by atoms with E-state index in [4.69, 9.17) is 0 Å². The number of carbonyl (C=O) groups is 1. The van der Waals surface area contributed by atoms with E-state index in [0.717, 1.165) is 5.56 Å². The standard InChI is InChI=1S/C17H13N3O3/c21-16-14(11-12-7-3-1-4-8-12)19-17(15(16)20(22)23)18-13-9-5-2-6-10-13/h1-11,18-19H/b14-11-. The Morgan fingerprint density at radius 3 is 2.22 bits per heavy atom. The Bertz CT molecular complexity index is 811. The largest absolute Gasteiger partial charge is 0.358 e. The van der Waals surface area contributed by atoms with E-state index in [-0.39, 0.29) is 11.5 Å². The molecular weight excluding hydrogens is 294 g/mol. The summed E-state index contributed by atoms with van der Waals surface area (Å²) in [6.45, 7) is 0. The van der Waals surface area contributed by atoms with E-state index in [0.29, 0.717) is 5.69 Å². The zero-order valence-corrected chi connectivity index (χ0v) is 12.0. The highest BCUT2D eigenvalue weighted by molar-refractivity contribution is 6.12. The van der Waals surface area contributed by atoms with Gasteiger partial charge in [0, 0.05) is 5.69 Å². The molecule has 0 radical (unpaired) electrons. The lowest BCUT2D eigenvalue weighted by Crippen LogP contribution is -2.15. The summed E-state index contributed by atoms with van der Waals surface area (Å²) in [4.78, 5) is 22.8. The van der Waals surface area contributed by atoms with Crippen molar-refractivity contribution in [2.45, 2.75) is 0 Å². The van der Waals surface area contributed by atoms with Crippen LogP contribution in [0.5, 0.6) is 0 Å². The quantitative estimate of drug-likeness (QED) is 0.515. The van der Waals surface area contributed by atoms with Crippen LogP contribution in [-0.2, 0) is 4.79 Å². The molecule has 6 nitrogen and oxygen atoms in total. The molecule has 0 aromatic heterocycles. The molecule has 3 rings (SSSR count). The maximum absolute atomic E-state index is 12.3. The molecular formula is C17H13N3O3. The number of nitrogens with zero attached hydrogens (tertiary/aromatic N) is 1. The third-order valence-corrected chi connectivity index (χ3v) is 3.29. The summed E-state index contributed by atoms with van der Waals surface area (Å²) in [6.07, 6.45) is 1.59. The van der Waals surface area contributed by atoms with Crippen LogP contribution in [0.25, 0.3) is 6.08 Å². The first-order valence-corrected chi connectivity index (χ1v) is 6.94. The molecule has 0 atom stereocenters.